The minimum atomic E-state index is 0. The molecule has 0 N–H and O–H groups in total. The summed E-state index contributed by atoms with van der Waals surface area (Å²) >= 11 is 7.51. The topological polar surface area (TPSA) is 43.1 Å². The molecule has 1 aromatic carbocycles. The van der Waals surface area contributed by atoms with E-state index < -0.39 is 0 Å². The summed E-state index contributed by atoms with van der Waals surface area (Å²) < 4.78 is 1.78. The maximum atomic E-state index is 5.87. The van der Waals surface area contributed by atoms with Gasteiger partial charge >= 0.3 is 0 Å². The smallest absolute Gasteiger partial charge is 0.212 e. The number of thioether (sulfide) groups is 1. The number of nitrogens with zero attached hydrogens (tertiary/aromatic N) is 4. The van der Waals surface area contributed by atoms with Gasteiger partial charge in [0.2, 0.25) is 5.16 Å². The van der Waals surface area contributed by atoms with Gasteiger partial charge in [-0.25, -0.2) is 0 Å². The minimum Gasteiger partial charge on any atom is -1.00 e. The Labute approximate surface area is 124 Å². The lowest BCUT2D eigenvalue weighted by Gasteiger charge is -2.12. The second kappa shape index (κ2) is 5.42. The lowest BCUT2D eigenvalue weighted by Crippen LogP contribution is -3.00. The molecule has 2 aromatic rings. The molecule has 0 radical (unpaired) electrons. The number of hydrogen-bond acceptors (Lipinski definition) is 4. The number of hydrogen-bond donors (Lipinski definition) is 0. The number of rotatable bonds is 1. The van der Waals surface area contributed by atoms with Gasteiger partial charge < -0.3 is 17.0 Å². The molecule has 0 aliphatic carbocycles. The van der Waals surface area contributed by atoms with Crippen molar-refractivity contribution in [2.45, 2.75) is 12.1 Å². The van der Waals surface area contributed by atoms with Gasteiger partial charge in [0.05, 0.1) is 5.71 Å². The number of benzene rings is 1. The van der Waals surface area contributed by atoms with Crippen molar-refractivity contribution in [3.63, 3.8) is 0 Å². The minimum absolute atomic E-state index is 0. The summed E-state index contributed by atoms with van der Waals surface area (Å²) in [6.45, 7) is 1.89. The molecule has 1 aliphatic rings. The van der Waals surface area contributed by atoms with Crippen molar-refractivity contribution in [2.75, 3.05) is 5.75 Å². The zero-order valence-corrected chi connectivity index (χ0v) is 12.6. The highest BCUT2D eigenvalue weighted by atomic mass is 79.9. The van der Waals surface area contributed by atoms with E-state index in [1.807, 2.05) is 31.2 Å². The van der Waals surface area contributed by atoms with Gasteiger partial charge in [-0.2, -0.15) is 9.78 Å². The summed E-state index contributed by atoms with van der Waals surface area (Å²) in [5.74, 6) is 1.61. The van der Waals surface area contributed by atoms with Crippen LogP contribution in [0.4, 0.5) is 0 Å². The van der Waals surface area contributed by atoms with Crippen molar-refractivity contribution < 1.29 is 17.0 Å². The van der Waals surface area contributed by atoms with E-state index in [0.717, 1.165) is 33.0 Å². The van der Waals surface area contributed by atoms with Gasteiger partial charge in [0.25, 0.3) is 0 Å². The fourth-order valence-corrected chi connectivity index (χ4v) is 2.62. The quantitative estimate of drug-likeness (QED) is 0.707. The van der Waals surface area contributed by atoms with E-state index in [0.29, 0.717) is 0 Å². The number of fused-ring (bicyclic) bond motifs is 1. The molecule has 0 bridgehead atoms. The van der Waals surface area contributed by atoms with Gasteiger partial charge in [0, 0.05) is 10.8 Å². The lowest BCUT2D eigenvalue weighted by molar-refractivity contribution is -0.00000349. The molecule has 1 aromatic heterocycles. The second-order valence-corrected chi connectivity index (χ2v) is 5.06. The standard InChI is InChI=1S/C11H9ClN4S.BrH/c1-7-13-14-11-16(7)15-10(6-17-11)8-2-4-9(12)5-3-8;/h2-5H,6H2,1H3;1H/p-1. The van der Waals surface area contributed by atoms with E-state index in [-0.39, 0.29) is 17.0 Å². The fourth-order valence-electron chi connectivity index (χ4n) is 1.61. The molecule has 18 heavy (non-hydrogen) atoms. The second-order valence-electron chi connectivity index (χ2n) is 3.68. The highest BCUT2D eigenvalue weighted by Gasteiger charge is 2.17. The molecule has 0 spiro atoms. The summed E-state index contributed by atoms with van der Waals surface area (Å²) in [6.07, 6.45) is 0. The van der Waals surface area contributed by atoms with Crippen LogP contribution >= 0.6 is 23.4 Å². The lowest BCUT2D eigenvalue weighted by atomic mass is 10.1. The Morgan fingerprint density at radius 2 is 1.94 bits per heavy atom. The first-order chi connectivity index (χ1) is 8.24. The van der Waals surface area contributed by atoms with Crippen LogP contribution in [0.1, 0.15) is 11.4 Å². The summed E-state index contributed by atoms with van der Waals surface area (Å²) in [5.41, 5.74) is 2.10. The largest absolute Gasteiger partial charge is 1.00 e. The first-order valence-electron chi connectivity index (χ1n) is 5.12. The predicted octanol–water partition coefficient (Wildman–Crippen LogP) is -0.398. The van der Waals surface area contributed by atoms with Crippen LogP contribution in [-0.4, -0.2) is 26.3 Å². The average Bonchev–Trinajstić information content (AvgIpc) is 2.72. The first kappa shape index (κ1) is 13.6. The molecule has 0 atom stereocenters. The summed E-state index contributed by atoms with van der Waals surface area (Å²) in [5, 5.41) is 14.2. The molecule has 94 valence electrons. The van der Waals surface area contributed by atoms with Crippen molar-refractivity contribution >= 4 is 29.1 Å². The van der Waals surface area contributed by atoms with Crippen molar-refractivity contribution in [3.05, 3.63) is 40.7 Å². The van der Waals surface area contributed by atoms with Crippen LogP contribution in [0.15, 0.2) is 34.5 Å². The molecule has 2 heterocycles. The van der Waals surface area contributed by atoms with Gasteiger partial charge in [0.15, 0.2) is 5.82 Å². The SMILES string of the molecule is Cc1nnc2n1N=C(c1ccc(Cl)cc1)CS2.[Br-]. The molecular weight excluding hydrogens is 336 g/mol. The van der Waals surface area contributed by atoms with E-state index in [2.05, 4.69) is 15.3 Å². The molecule has 4 nitrogen and oxygen atoms in total. The molecule has 0 saturated heterocycles. The molecule has 0 saturated carbocycles. The molecule has 7 heteroatoms. The Bertz CT molecular complexity index is 594. The monoisotopic (exact) mass is 343 g/mol. The number of aromatic nitrogens is 3. The van der Waals surface area contributed by atoms with Crippen molar-refractivity contribution in [2.24, 2.45) is 5.10 Å². The molecule has 0 unspecified atom stereocenters. The van der Waals surface area contributed by atoms with Crippen LogP contribution in [0.25, 0.3) is 0 Å². The van der Waals surface area contributed by atoms with E-state index in [4.69, 9.17) is 11.6 Å². The van der Waals surface area contributed by atoms with Crippen LogP contribution < -0.4 is 17.0 Å². The molecule has 3 rings (SSSR count). The fraction of sp³-hybridized carbons (Fsp3) is 0.182. The van der Waals surface area contributed by atoms with Crippen molar-refractivity contribution in [1.82, 2.24) is 14.9 Å². The third-order valence-electron chi connectivity index (χ3n) is 2.50. The Morgan fingerprint density at radius 3 is 2.67 bits per heavy atom. The normalized spacial score (nSPS) is 13.6. The zero-order chi connectivity index (χ0) is 11.8. The molecular formula is C11H9BrClN4S-. The van der Waals surface area contributed by atoms with Gasteiger partial charge in [-0.15, -0.1) is 10.2 Å². The van der Waals surface area contributed by atoms with E-state index in [1.165, 1.54) is 0 Å². The van der Waals surface area contributed by atoms with Gasteiger partial charge in [-0.05, 0) is 24.6 Å². The van der Waals surface area contributed by atoms with Crippen LogP contribution in [-0.2, 0) is 0 Å². The number of halogens is 2. The Morgan fingerprint density at radius 1 is 1.22 bits per heavy atom. The Hall–Kier alpha value is -0.850. The summed E-state index contributed by atoms with van der Waals surface area (Å²) in [7, 11) is 0. The highest BCUT2D eigenvalue weighted by Crippen LogP contribution is 2.24. The predicted molar refractivity (Wildman–Crippen MR) is 68.9 cm³/mol. The van der Waals surface area contributed by atoms with E-state index in [1.54, 1.807) is 16.4 Å². The third-order valence-corrected chi connectivity index (χ3v) is 3.69. The summed E-state index contributed by atoms with van der Waals surface area (Å²) in [6, 6.07) is 7.70. The van der Waals surface area contributed by atoms with Gasteiger partial charge in [-0.3, -0.25) is 0 Å². The zero-order valence-electron chi connectivity index (χ0n) is 9.47. The average molecular weight is 345 g/mol. The van der Waals surface area contributed by atoms with Crippen molar-refractivity contribution in [1.29, 1.82) is 0 Å². The maximum absolute atomic E-state index is 5.87. The molecule has 0 fully saturated rings. The Kier molecular flexibility index (Phi) is 4.09. The number of aryl methyl sites for hydroxylation is 1. The maximum Gasteiger partial charge on any atom is 0.212 e. The van der Waals surface area contributed by atoms with Gasteiger partial charge in [0.1, 0.15) is 0 Å². The third kappa shape index (κ3) is 2.46. The highest BCUT2D eigenvalue weighted by molar-refractivity contribution is 7.99. The van der Waals surface area contributed by atoms with Crippen molar-refractivity contribution in [3.8, 4) is 0 Å². The van der Waals surface area contributed by atoms with Crippen LogP contribution in [0, 0.1) is 6.92 Å². The molecule has 1 aliphatic heterocycles. The summed E-state index contributed by atoms with van der Waals surface area (Å²) in [4.78, 5) is 0. The van der Waals surface area contributed by atoms with E-state index in [9.17, 15) is 0 Å². The van der Waals surface area contributed by atoms with Crippen LogP contribution in [0.3, 0.4) is 0 Å². The first-order valence-corrected chi connectivity index (χ1v) is 6.49. The van der Waals surface area contributed by atoms with Crippen LogP contribution in [0.2, 0.25) is 5.02 Å². The Balaban J connectivity index is 0.00000120. The van der Waals surface area contributed by atoms with Crippen LogP contribution in [0.5, 0.6) is 0 Å². The molecule has 0 amide bonds. The van der Waals surface area contributed by atoms with E-state index >= 15 is 0 Å². The van der Waals surface area contributed by atoms with Gasteiger partial charge in [-0.1, -0.05) is 35.5 Å².